The van der Waals surface area contributed by atoms with E-state index in [4.69, 9.17) is 4.52 Å². The second-order valence-corrected chi connectivity index (χ2v) is 5.76. The Morgan fingerprint density at radius 1 is 1.23 bits per heavy atom. The van der Waals surface area contributed by atoms with E-state index in [1.165, 1.54) is 12.1 Å². The fourth-order valence-corrected chi connectivity index (χ4v) is 2.39. The summed E-state index contributed by atoms with van der Waals surface area (Å²) in [6.07, 6.45) is 0.108. The largest absolute Gasteiger partial charge is 0.347 e. The van der Waals surface area contributed by atoms with Gasteiger partial charge in [0.15, 0.2) is 0 Å². The monoisotopic (exact) mass is 352 g/mol. The van der Waals surface area contributed by atoms with Gasteiger partial charge in [-0.1, -0.05) is 41.1 Å². The summed E-state index contributed by atoms with van der Waals surface area (Å²) >= 11 is 0. The number of benzene rings is 2. The molecular formula is C18H16N4O4. The number of amides is 1. The molecule has 0 fully saturated rings. The second-order valence-electron chi connectivity index (χ2n) is 5.76. The zero-order valence-corrected chi connectivity index (χ0v) is 14.0. The van der Waals surface area contributed by atoms with E-state index >= 15 is 0 Å². The number of non-ortho nitro benzene ring substituents is 1. The van der Waals surface area contributed by atoms with Crippen molar-refractivity contribution in [3.8, 4) is 11.4 Å². The highest BCUT2D eigenvalue weighted by Gasteiger charge is 2.11. The van der Waals surface area contributed by atoms with E-state index in [-0.39, 0.29) is 24.6 Å². The van der Waals surface area contributed by atoms with Crippen LogP contribution in [0.4, 0.5) is 5.69 Å². The van der Waals surface area contributed by atoms with Crippen molar-refractivity contribution in [3.63, 3.8) is 0 Å². The van der Waals surface area contributed by atoms with Crippen LogP contribution in [0.2, 0.25) is 0 Å². The van der Waals surface area contributed by atoms with Crippen molar-refractivity contribution < 1.29 is 14.2 Å². The van der Waals surface area contributed by atoms with Crippen LogP contribution in [0.15, 0.2) is 53.1 Å². The van der Waals surface area contributed by atoms with Gasteiger partial charge in [-0.25, -0.2) is 0 Å². The molecule has 0 aliphatic rings. The summed E-state index contributed by atoms with van der Waals surface area (Å²) in [6, 6.07) is 13.6. The third-order valence-corrected chi connectivity index (χ3v) is 3.69. The summed E-state index contributed by atoms with van der Waals surface area (Å²) in [5.41, 5.74) is 2.60. The van der Waals surface area contributed by atoms with Gasteiger partial charge < -0.3 is 9.84 Å². The number of nitro benzene ring substituents is 1. The van der Waals surface area contributed by atoms with Gasteiger partial charge >= 0.3 is 0 Å². The first-order valence-electron chi connectivity index (χ1n) is 7.91. The third kappa shape index (κ3) is 4.29. The van der Waals surface area contributed by atoms with Crippen LogP contribution in [-0.2, 0) is 17.8 Å². The van der Waals surface area contributed by atoms with Crippen LogP contribution in [0.1, 0.15) is 17.0 Å². The summed E-state index contributed by atoms with van der Waals surface area (Å²) < 4.78 is 5.15. The van der Waals surface area contributed by atoms with E-state index in [1.54, 1.807) is 12.1 Å². The highest BCUT2D eigenvalue weighted by Crippen LogP contribution is 2.17. The van der Waals surface area contributed by atoms with Gasteiger partial charge in [0.1, 0.15) is 0 Å². The first kappa shape index (κ1) is 17.3. The van der Waals surface area contributed by atoms with Crippen molar-refractivity contribution in [2.24, 2.45) is 0 Å². The molecule has 1 heterocycles. The Bertz CT molecular complexity index is 934. The van der Waals surface area contributed by atoms with Crippen molar-refractivity contribution in [3.05, 3.63) is 75.7 Å². The quantitative estimate of drug-likeness (QED) is 0.539. The number of nitro groups is 1. The maximum Gasteiger partial charge on any atom is 0.269 e. The number of rotatable bonds is 6. The normalized spacial score (nSPS) is 10.5. The molecule has 0 radical (unpaired) electrons. The molecule has 0 saturated heterocycles. The number of carbonyl (C=O) groups is 1. The Kier molecular flexibility index (Phi) is 5.02. The van der Waals surface area contributed by atoms with E-state index in [2.05, 4.69) is 15.5 Å². The van der Waals surface area contributed by atoms with Crippen LogP contribution in [0.5, 0.6) is 0 Å². The van der Waals surface area contributed by atoms with E-state index in [1.807, 2.05) is 31.2 Å². The Balaban J connectivity index is 1.55. The molecule has 8 nitrogen and oxygen atoms in total. The van der Waals surface area contributed by atoms with Gasteiger partial charge in [-0.3, -0.25) is 14.9 Å². The zero-order valence-electron chi connectivity index (χ0n) is 14.0. The number of hydrogen-bond donors (Lipinski definition) is 1. The fourth-order valence-electron chi connectivity index (χ4n) is 2.39. The van der Waals surface area contributed by atoms with Crippen LogP contribution in [0.25, 0.3) is 11.4 Å². The Morgan fingerprint density at radius 2 is 2.00 bits per heavy atom. The molecule has 0 aliphatic heterocycles. The third-order valence-electron chi connectivity index (χ3n) is 3.69. The minimum atomic E-state index is -0.481. The van der Waals surface area contributed by atoms with Crippen molar-refractivity contribution in [2.45, 2.75) is 19.9 Å². The molecule has 0 unspecified atom stereocenters. The average molecular weight is 352 g/mol. The molecule has 3 aromatic rings. The van der Waals surface area contributed by atoms with Gasteiger partial charge in [0.2, 0.25) is 17.6 Å². The van der Waals surface area contributed by atoms with Crippen LogP contribution in [0, 0.1) is 17.0 Å². The summed E-state index contributed by atoms with van der Waals surface area (Å²) in [5.74, 6) is 0.529. The van der Waals surface area contributed by atoms with Crippen molar-refractivity contribution in [1.82, 2.24) is 15.5 Å². The summed E-state index contributed by atoms with van der Waals surface area (Å²) in [5, 5.41) is 17.2. The second kappa shape index (κ2) is 7.56. The lowest BCUT2D eigenvalue weighted by atomic mass is 10.1. The number of carbonyl (C=O) groups excluding carboxylic acids is 1. The molecule has 8 heteroatoms. The van der Waals surface area contributed by atoms with E-state index < -0.39 is 4.92 Å². The predicted octanol–water partition coefficient (Wildman–Crippen LogP) is 2.81. The fraction of sp³-hybridized carbons (Fsp3) is 0.167. The number of aromatic nitrogens is 2. The number of nitrogens with zero attached hydrogens (tertiary/aromatic N) is 3. The van der Waals surface area contributed by atoms with Gasteiger partial charge in [-0.05, 0) is 18.6 Å². The minimum absolute atomic E-state index is 0.0105. The summed E-state index contributed by atoms with van der Waals surface area (Å²) in [4.78, 5) is 26.4. The lowest BCUT2D eigenvalue weighted by molar-refractivity contribution is -0.384. The molecule has 26 heavy (non-hydrogen) atoms. The van der Waals surface area contributed by atoms with Crippen molar-refractivity contribution in [2.75, 3.05) is 0 Å². The molecular weight excluding hydrogens is 336 g/mol. The van der Waals surface area contributed by atoms with Crippen LogP contribution >= 0.6 is 0 Å². The van der Waals surface area contributed by atoms with Crippen LogP contribution < -0.4 is 5.32 Å². The van der Waals surface area contributed by atoms with Crippen molar-refractivity contribution in [1.29, 1.82) is 0 Å². The molecule has 0 aliphatic carbocycles. The predicted molar refractivity (Wildman–Crippen MR) is 93.1 cm³/mol. The Labute approximate surface area is 149 Å². The molecule has 3 rings (SSSR count). The maximum absolute atomic E-state index is 12.0. The molecule has 0 bridgehead atoms. The molecule has 0 atom stereocenters. The average Bonchev–Trinajstić information content (AvgIpc) is 3.09. The first-order valence-corrected chi connectivity index (χ1v) is 7.91. The highest BCUT2D eigenvalue weighted by atomic mass is 16.6. The van der Waals surface area contributed by atoms with E-state index in [9.17, 15) is 14.9 Å². The Morgan fingerprint density at radius 3 is 2.69 bits per heavy atom. The van der Waals surface area contributed by atoms with E-state index in [0.717, 1.165) is 11.1 Å². The smallest absolute Gasteiger partial charge is 0.269 e. The maximum atomic E-state index is 12.0. The number of hydrogen-bond acceptors (Lipinski definition) is 6. The molecule has 1 N–H and O–H groups in total. The molecule has 0 spiro atoms. The van der Waals surface area contributed by atoms with Crippen LogP contribution in [0.3, 0.4) is 0 Å². The van der Waals surface area contributed by atoms with Gasteiger partial charge in [-0.2, -0.15) is 4.98 Å². The SMILES string of the molecule is Cc1cccc(-c2noc(CNC(=O)Cc3ccc([N+](=O)[O-])cc3)n2)c1. The number of nitrogens with one attached hydrogen (secondary N) is 1. The molecule has 132 valence electrons. The van der Waals surface area contributed by atoms with Gasteiger partial charge in [0.25, 0.3) is 5.69 Å². The first-order chi connectivity index (χ1) is 12.5. The molecule has 1 aromatic heterocycles. The standard InChI is InChI=1S/C18H16N4O4/c1-12-3-2-4-14(9-12)18-20-17(26-21-18)11-19-16(23)10-13-5-7-15(8-6-13)22(24)25/h2-9H,10-11H2,1H3,(H,19,23). The molecule has 2 aromatic carbocycles. The van der Waals surface area contributed by atoms with Gasteiger partial charge in [0.05, 0.1) is 17.9 Å². The Hall–Kier alpha value is -3.55. The lowest BCUT2D eigenvalue weighted by Crippen LogP contribution is -2.24. The topological polar surface area (TPSA) is 111 Å². The lowest BCUT2D eigenvalue weighted by Gasteiger charge is -2.02. The highest BCUT2D eigenvalue weighted by molar-refractivity contribution is 5.78. The summed E-state index contributed by atoms with van der Waals surface area (Å²) in [7, 11) is 0. The number of aryl methyl sites for hydroxylation is 1. The zero-order chi connectivity index (χ0) is 18.5. The van der Waals surface area contributed by atoms with Gasteiger partial charge in [-0.15, -0.1) is 0 Å². The van der Waals surface area contributed by atoms with E-state index in [0.29, 0.717) is 17.3 Å². The minimum Gasteiger partial charge on any atom is -0.347 e. The molecule has 1 amide bonds. The van der Waals surface area contributed by atoms with Crippen LogP contribution in [-0.4, -0.2) is 21.0 Å². The van der Waals surface area contributed by atoms with Crippen molar-refractivity contribution >= 4 is 11.6 Å². The summed E-state index contributed by atoms with van der Waals surface area (Å²) in [6.45, 7) is 2.09. The molecule has 0 saturated carbocycles. The van der Waals surface area contributed by atoms with Gasteiger partial charge in [0, 0.05) is 17.7 Å².